The lowest BCUT2D eigenvalue weighted by atomic mass is 9.99. The van der Waals surface area contributed by atoms with Crippen LogP contribution < -0.4 is 0 Å². The molecule has 0 saturated carbocycles. The maximum absolute atomic E-state index is 3.86. The van der Waals surface area contributed by atoms with E-state index in [0.29, 0.717) is 0 Å². The molecule has 0 unspecified atom stereocenters. The quantitative estimate of drug-likeness (QED) is 0.708. The highest BCUT2D eigenvalue weighted by Gasteiger charge is 2.08. The van der Waals surface area contributed by atoms with Crippen molar-refractivity contribution in [3.63, 3.8) is 0 Å². The van der Waals surface area contributed by atoms with E-state index >= 15 is 0 Å². The van der Waals surface area contributed by atoms with Gasteiger partial charge in [0.2, 0.25) is 0 Å². The molecule has 17 heavy (non-hydrogen) atoms. The Morgan fingerprint density at radius 2 is 1.59 bits per heavy atom. The maximum atomic E-state index is 3.86. The van der Waals surface area contributed by atoms with Gasteiger partial charge in [0, 0.05) is 4.47 Å². The summed E-state index contributed by atoms with van der Waals surface area (Å²) in [6.07, 6.45) is 3.70. The Hall–Kier alpha value is -1.60. The largest absolute Gasteiger partial charge is 0.0984 e. The third kappa shape index (κ3) is 2.25. The van der Waals surface area contributed by atoms with Crippen LogP contribution in [0.1, 0.15) is 11.1 Å². The Bertz CT molecular complexity index is 553. The molecule has 0 nitrogen and oxygen atoms in total. The van der Waals surface area contributed by atoms with E-state index in [1.165, 1.54) is 11.1 Å². The molecule has 0 heterocycles. The van der Waals surface area contributed by atoms with E-state index in [9.17, 15) is 0 Å². The van der Waals surface area contributed by atoms with Crippen LogP contribution in [-0.4, -0.2) is 0 Å². The summed E-state index contributed by atoms with van der Waals surface area (Å²) >= 11 is 3.65. The summed E-state index contributed by atoms with van der Waals surface area (Å²) in [5, 5.41) is 0. The fourth-order valence-corrected chi connectivity index (χ4v) is 2.59. The molecular formula is C16H13Br. The molecule has 0 bridgehead atoms. The minimum Gasteiger partial charge on any atom is -0.0984 e. The van der Waals surface area contributed by atoms with E-state index in [0.717, 1.165) is 15.6 Å². The second kappa shape index (κ2) is 5.15. The van der Waals surface area contributed by atoms with Gasteiger partial charge < -0.3 is 0 Å². The second-order valence-electron chi connectivity index (χ2n) is 3.70. The first kappa shape index (κ1) is 11.9. The number of hydrogen-bond acceptors (Lipinski definition) is 0. The van der Waals surface area contributed by atoms with Gasteiger partial charge in [-0.2, -0.15) is 0 Å². The predicted octanol–water partition coefficient (Wildman–Crippen LogP) is 5.40. The third-order valence-electron chi connectivity index (χ3n) is 2.72. The second-order valence-corrected chi connectivity index (χ2v) is 4.50. The standard InChI is InChI=1S/C16H13Br/c1-3-12-10-11-15(16(17)14(12)4-2)13-8-6-5-7-9-13/h3-11H,1-2H2. The highest BCUT2D eigenvalue weighted by molar-refractivity contribution is 9.10. The summed E-state index contributed by atoms with van der Waals surface area (Å²) < 4.78 is 1.07. The Kier molecular flexibility index (Phi) is 3.60. The molecule has 0 aliphatic carbocycles. The molecular weight excluding hydrogens is 272 g/mol. The molecule has 0 aromatic heterocycles. The van der Waals surface area contributed by atoms with Gasteiger partial charge in [-0.1, -0.05) is 67.8 Å². The van der Waals surface area contributed by atoms with Crippen LogP contribution in [-0.2, 0) is 0 Å². The van der Waals surface area contributed by atoms with Crippen LogP contribution in [0.15, 0.2) is 60.1 Å². The summed E-state index contributed by atoms with van der Waals surface area (Å²) in [5.74, 6) is 0. The van der Waals surface area contributed by atoms with Crippen LogP contribution in [0.4, 0.5) is 0 Å². The van der Waals surface area contributed by atoms with E-state index in [-0.39, 0.29) is 0 Å². The lowest BCUT2D eigenvalue weighted by Gasteiger charge is -2.10. The Labute approximate surface area is 110 Å². The van der Waals surface area contributed by atoms with E-state index in [1.807, 2.05) is 30.4 Å². The van der Waals surface area contributed by atoms with Gasteiger partial charge in [-0.3, -0.25) is 0 Å². The summed E-state index contributed by atoms with van der Waals surface area (Å²) in [4.78, 5) is 0. The zero-order valence-corrected chi connectivity index (χ0v) is 11.1. The number of benzene rings is 2. The van der Waals surface area contributed by atoms with Crippen molar-refractivity contribution in [2.75, 3.05) is 0 Å². The van der Waals surface area contributed by atoms with Gasteiger partial charge in [0.15, 0.2) is 0 Å². The van der Waals surface area contributed by atoms with Crippen LogP contribution in [0.2, 0.25) is 0 Å². The van der Waals surface area contributed by atoms with Crippen LogP contribution in [0.3, 0.4) is 0 Å². The summed E-state index contributed by atoms with van der Waals surface area (Å²) in [5.41, 5.74) is 4.54. The summed E-state index contributed by atoms with van der Waals surface area (Å²) in [6.45, 7) is 7.67. The molecule has 0 amide bonds. The van der Waals surface area contributed by atoms with Crippen LogP contribution in [0.5, 0.6) is 0 Å². The van der Waals surface area contributed by atoms with Crippen LogP contribution in [0, 0.1) is 0 Å². The zero-order chi connectivity index (χ0) is 12.3. The molecule has 84 valence electrons. The normalized spacial score (nSPS) is 9.94. The monoisotopic (exact) mass is 284 g/mol. The van der Waals surface area contributed by atoms with Crippen LogP contribution in [0.25, 0.3) is 23.3 Å². The fraction of sp³-hybridized carbons (Fsp3) is 0. The van der Waals surface area contributed by atoms with E-state index in [4.69, 9.17) is 0 Å². The highest BCUT2D eigenvalue weighted by Crippen LogP contribution is 2.33. The molecule has 2 rings (SSSR count). The molecule has 0 atom stereocenters. The van der Waals surface area contributed by atoms with E-state index in [2.05, 4.69) is 53.4 Å². The first-order chi connectivity index (χ1) is 8.27. The average Bonchev–Trinajstić information content (AvgIpc) is 2.39. The smallest absolute Gasteiger partial charge is 0.0331 e. The highest BCUT2D eigenvalue weighted by atomic mass is 79.9. The lowest BCUT2D eigenvalue weighted by Crippen LogP contribution is -1.87. The predicted molar refractivity (Wildman–Crippen MR) is 79.8 cm³/mol. The van der Waals surface area contributed by atoms with Crippen molar-refractivity contribution in [3.05, 3.63) is 71.2 Å². The zero-order valence-electron chi connectivity index (χ0n) is 9.49. The summed E-state index contributed by atoms with van der Waals surface area (Å²) in [7, 11) is 0. The van der Waals surface area contributed by atoms with Gasteiger partial charge in [-0.15, -0.1) is 0 Å². The Balaban J connectivity index is 2.65. The van der Waals surface area contributed by atoms with Crippen molar-refractivity contribution < 1.29 is 0 Å². The van der Waals surface area contributed by atoms with Crippen molar-refractivity contribution in [3.8, 4) is 11.1 Å². The lowest BCUT2D eigenvalue weighted by molar-refractivity contribution is 1.53. The number of hydrogen-bond donors (Lipinski definition) is 0. The molecule has 0 radical (unpaired) electrons. The molecule has 0 aliphatic heterocycles. The van der Waals surface area contributed by atoms with Crippen molar-refractivity contribution in [1.29, 1.82) is 0 Å². The van der Waals surface area contributed by atoms with Gasteiger partial charge in [-0.25, -0.2) is 0 Å². The van der Waals surface area contributed by atoms with Gasteiger partial charge in [-0.05, 0) is 38.2 Å². The topological polar surface area (TPSA) is 0 Å². The van der Waals surface area contributed by atoms with Gasteiger partial charge in [0.25, 0.3) is 0 Å². The molecule has 2 aromatic carbocycles. The van der Waals surface area contributed by atoms with Crippen molar-refractivity contribution in [1.82, 2.24) is 0 Å². The number of halogens is 1. The molecule has 0 spiro atoms. The minimum absolute atomic E-state index is 1.07. The van der Waals surface area contributed by atoms with Gasteiger partial charge in [0.1, 0.15) is 0 Å². The third-order valence-corrected chi connectivity index (χ3v) is 3.58. The van der Waals surface area contributed by atoms with E-state index < -0.39 is 0 Å². The molecule has 0 fully saturated rings. The van der Waals surface area contributed by atoms with Crippen molar-refractivity contribution in [2.45, 2.75) is 0 Å². The molecule has 1 heteroatoms. The SMILES string of the molecule is C=Cc1ccc(-c2ccccc2)c(Br)c1C=C. The van der Waals surface area contributed by atoms with Gasteiger partial charge >= 0.3 is 0 Å². The van der Waals surface area contributed by atoms with Crippen molar-refractivity contribution in [2.24, 2.45) is 0 Å². The molecule has 0 saturated heterocycles. The summed E-state index contributed by atoms with van der Waals surface area (Å²) in [6, 6.07) is 14.5. The van der Waals surface area contributed by atoms with Crippen molar-refractivity contribution >= 4 is 28.1 Å². The first-order valence-corrected chi connectivity index (χ1v) is 6.20. The molecule has 0 N–H and O–H groups in total. The fourth-order valence-electron chi connectivity index (χ4n) is 1.83. The molecule has 2 aromatic rings. The maximum Gasteiger partial charge on any atom is 0.0331 e. The first-order valence-electron chi connectivity index (χ1n) is 5.40. The average molecular weight is 285 g/mol. The van der Waals surface area contributed by atoms with E-state index in [1.54, 1.807) is 0 Å². The van der Waals surface area contributed by atoms with Gasteiger partial charge in [0.05, 0.1) is 0 Å². The Morgan fingerprint density at radius 3 is 2.18 bits per heavy atom. The number of rotatable bonds is 3. The minimum atomic E-state index is 1.07. The molecule has 0 aliphatic rings. The Morgan fingerprint density at radius 1 is 0.882 bits per heavy atom. The van der Waals surface area contributed by atoms with Crippen LogP contribution >= 0.6 is 15.9 Å².